The Morgan fingerprint density at radius 2 is 2.07 bits per heavy atom. The van der Waals surface area contributed by atoms with Crippen molar-refractivity contribution in [3.8, 4) is 0 Å². The molecule has 14 heavy (non-hydrogen) atoms. The third-order valence-electron chi connectivity index (χ3n) is 1.74. The second-order valence-corrected chi connectivity index (χ2v) is 4.76. The lowest BCUT2D eigenvalue weighted by molar-refractivity contribution is 0.551. The molecule has 1 heterocycles. The fourth-order valence-corrected chi connectivity index (χ4v) is 2.30. The number of pyridine rings is 1. The second kappa shape index (κ2) is 3.82. The first kappa shape index (κ1) is 11.4. The van der Waals surface area contributed by atoms with Crippen molar-refractivity contribution in [1.29, 1.82) is 0 Å². The smallest absolute Gasteiger partial charge is 0.241 e. The topological polar surface area (TPSA) is 47.0 Å². The van der Waals surface area contributed by atoms with Crippen molar-refractivity contribution in [2.24, 2.45) is 0 Å². The summed E-state index contributed by atoms with van der Waals surface area (Å²) >= 11 is 5.70. The molecule has 0 aliphatic heterocycles. The number of halogens is 2. The van der Waals surface area contributed by atoms with Crippen molar-refractivity contribution in [3.05, 3.63) is 28.0 Å². The van der Waals surface area contributed by atoms with Gasteiger partial charge >= 0.3 is 10.2 Å². The molecule has 0 aromatic carbocycles. The first-order valence-electron chi connectivity index (χ1n) is 3.84. The number of hydrogen-bond acceptors (Lipinski definition) is 3. The van der Waals surface area contributed by atoms with Crippen LogP contribution < -0.4 is 0 Å². The van der Waals surface area contributed by atoms with Gasteiger partial charge in [0.25, 0.3) is 0 Å². The van der Waals surface area contributed by atoms with Crippen molar-refractivity contribution < 1.29 is 12.3 Å². The highest BCUT2D eigenvalue weighted by molar-refractivity contribution is 7.85. The number of hydrogen-bond donors (Lipinski definition) is 0. The van der Waals surface area contributed by atoms with Crippen LogP contribution in [0.1, 0.15) is 16.8 Å². The predicted molar refractivity (Wildman–Crippen MR) is 52.5 cm³/mol. The van der Waals surface area contributed by atoms with Gasteiger partial charge in [0.1, 0.15) is 10.9 Å². The summed E-state index contributed by atoms with van der Waals surface area (Å²) in [5.74, 6) is -0.717. The van der Waals surface area contributed by atoms with Gasteiger partial charge in [-0.3, -0.25) is 0 Å². The van der Waals surface area contributed by atoms with Gasteiger partial charge in [0.05, 0.1) is 0 Å². The van der Waals surface area contributed by atoms with E-state index in [9.17, 15) is 12.3 Å². The molecule has 0 radical (unpaired) electrons. The predicted octanol–water partition coefficient (Wildman–Crippen LogP) is 2.15. The van der Waals surface area contributed by atoms with Gasteiger partial charge in [0.2, 0.25) is 0 Å². The zero-order valence-electron chi connectivity index (χ0n) is 7.71. The summed E-state index contributed by atoms with van der Waals surface area (Å²) in [5.41, 5.74) is 1.52. The molecule has 3 nitrogen and oxygen atoms in total. The molecule has 1 aromatic rings. The molecule has 0 saturated heterocycles. The Morgan fingerprint density at radius 1 is 1.50 bits per heavy atom. The molecule has 0 N–H and O–H groups in total. The molecule has 0 bridgehead atoms. The van der Waals surface area contributed by atoms with Gasteiger partial charge in [-0.2, -0.15) is 8.42 Å². The third kappa shape index (κ3) is 2.92. The Labute approximate surface area is 87.1 Å². The molecule has 0 amide bonds. The van der Waals surface area contributed by atoms with Crippen LogP contribution in [0.25, 0.3) is 0 Å². The van der Waals surface area contributed by atoms with Crippen LogP contribution in [0.2, 0.25) is 5.15 Å². The summed E-state index contributed by atoms with van der Waals surface area (Å²) in [4.78, 5) is 3.85. The van der Waals surface area contributed by atoms with Crippen LogP contribution in [-0.4, -0.2) is 13.4 Å². The summed E-state index contributed by atoms with van der Waals surface area (Å²) in [7, 11) is -4.56. The second-order valence-electron chi connectivity index (χ2n) is 3.03. The normalized spacial score (nSPS) is 11.7. The maximum Gasteiger partial charge on any atom is 0.306 e. The Bertz CT molecular complexity index is 435. The van der Waals surface area contributed by atoms with Gasteiger partial charge in [-0.05, 0) is 25.5 Å². The minimum Gasteiger partial charge on any atom is -0.241 e. The summed E-state index contributed by atoms with van der Waals surface area (Å²) < 4.78 is 33.3. The van der Waals surface area contributed by atoms with E-state index in [0.29, 0.717) is 11.3 Å². The standard InChI is InChI=1S/C8H9ClFNO2S/c1-5-3-6(2)11-8(9)7(5)4-14(10,12)13/h3H,4H2,1-2H3. The number of nitrogens with zero attached hydrogens (tertiary/aromatic N) is 1. The highest BCUT2D eigenvalue weighted by atomic mass is 35.5. The van der Waals surface area contributed by atoms with Crippen molar-refractivity contribution in [3.63, 3.8) is 0 Å². The molecule has 6 heteroatoms. The van der Waals surface area contributed by atoms with Crippen LogP contribution >= 0.6 is 11.6 Å². The minimum atomic E-state index is -4.56. The molecule has 0 unspecified atom stereocenters. The lowest BCUT2D eigenvalue weighted by Crippen LogP contribution is -2.02. The molecule has 0 spiro atoms. The Hall–Kier alpha value is -0.680. The van der Waals surface area contributed by atoms with E-state index >= 15 is 0 Å². The molecule has 0 aliphatic carbocycles. The van der Waals surface area contributed by atoms with Crippen molar-refractivity contribution in [2.75, 3.05) is 0 Å². The fourth-order valence-electron chi connectivity index (χ4n) is 1.16. The van der Waals surface area contributed by atoms with Gasteiger partial charge in [-0.15, -0.1) is 3.89 Å². The molecule has 0 saturated carbocycles. The summed E-state index contributed by atoms with van der Waals surface area (Å²) in [5, 5.41) is 0.0451. The molecule has 78 valence electrons. The number of aryl methyl sites for hydroxylation is 2. The summed E-state index contributed by atoms with van der Waals surface area (Å²) in [6.45, 7) is 3.40. The van der Waals surface area contributed by atoms with Gasteiger partial charge in [-0.1, -0.05) is 11.6 Å². The largest absolute Gasteiger partial charge is 0.306 e. The van der Waals surface area contributed by atoms with Crippen LogP contribution in [0.3, 0.4) is 0 Å². The maximum absolute atomic E-state index is 12.4. The lowest BCUT2D eigenvalue weighted by Gasteiger charge is -2.06. The van der Waals surface area contributed by atoms with Crippen molar-refractivity contribution in [2.45, 2.75) is 19.6 Å². The molecule has 0 aliphatic rings. The van der Waals surface area contributed by atoms with E-state index in [0.717, 1.165) is 0 Å². The van der Waals surface area contributed by atoms with Crippen LogP contribution in [0.5, 0.6) is 0 Å². The van der Waals surface area contributed by atoms with E-state index < -0.39 is 16.0 Å². The van der Waals surface area contributed by atoms with Gasteiger partial charge in [0, 0.05) is 11.3 Å². The highest BCUT2D eigenvalue weighted by Crippen LogP contribution is 2.21. The van der Waals surface area contributed by atoms with Crippen LogP contribution in [-0.2, 0) is 16.0 Å². The van der Waals surface area contributed by atoms with E-state index in [4.69, 9.17) is 11.6 Å². The molecule has 0 fully saturated rings. The first-order valence-corrected chi connectivity index (χ1v) is 5.77. The zero-order valence-corrected chi connectivity index (χ0v) is 9.28. The van der Waals surface area contributed by atoms with Crippen LogP contribution in [0.15, 0.2) is 6.07 Å². The fraction of sp³-hybridized carbons (Fsp3) is 0.375. The maximum atomic E-state index is 12.4. The van der Waals surface area contributed by atoms with Gasteiger partial charge < -0.3 is 0 Å². The third-order valence-corrected chi connectivity index (χ3v) is 2.69. The molecular weight excluding hydrogens is 229 g/mol. The molecule has 1 rings (SSSR count). The van der Waals surface area contributed by atoms with Crippen LogP contribution in [0, 0.1) is 13.8 Å². The molecule has 0 atom stereocenters. The van der Waals surface area contributed by atoms with Crippen molar-refractivity contribution >= 4 is 21.8 Å². The number of rotatable bonds is 2. The summed E-state index contributed by atoms with van der Waals surface area (Å²) in [6.07, 6.45) is 0. The average Bonchev–Trinajstić information content (AvgIpc) is 1.95. The van der Waals surface area contributed by atoms with Crippen molar-refractivity contribution in [1.82, 2.24) is 4.98 Å². The quantitative estimate of drug-likeness (QED) is 0.585. The van der Waals surface area contributed by atoms with Crippen LogP contribution in [0.4, 0.5) is 3.89 Å². The van der Waals surface area contributed by atoms with E-state index in [1.807, 2.05) is 0 Å². The molecular formula is C8H9ClFNO2S. The lowest BCUT2D eigenvalue weighted by atomic mass is 10.1. The summed E-state index contributed by atoms with van der Waals surface area (Å²) in [6, 6.07) is 1.66. The first-order chi connectivity index (χ1) is 6.29. The van der Waals surface area contributed by atoms with Gasteiger partial charge in [-0.25, -0.2) is 4.98 Å². The Kier molecular flexibility index (Phi) is 3.11. The van der Waals surface area contributed by atoms with E-state index in [1.54, 1.807) is 19.9 Å². The SMILES string of the molecule is Cc1cc(C)c(CS(=O)(=O)F)c(Cl)n1. The van der Waals surface area contributed by atoms with E-state index in [1.165, 1.54) is 0 Å². The van der Waals surface area contributed by atoms with E-state index in [2.05, 4.69) is 4.98 Å². The van der Waals surface area contributed by atoms with Gasteiger partial charge in [0.15, 0.2) is 0 Å². The minimum absolute atomic E-state index is 0.0451. The monoisotopic (exact) mass is 237 g/mol. The van der Waals surface area contributed by atoms with E-state index in [-0.39, 0.29) is 10.7 Å². The Morgan fingerprint density at radius 3 is 2.50 bits per heavy atom. The Balaban J connectivity index is 3.22. The number of aromatic nitrogens is 1. The average molecular weight is 238 g/mol. The molecule has 1 aromatic heterocycles. The zero-order chi connectivity index (χ0) is 10.9. The highest BCUT2D eigenvalue weighted by Gasteiger charge is 2.15.